The number of carbonyl (C=O) groups is 1. The number of benzene rings is 2. The van der Waals surface area contributed by atoms with Crippen LogP contribution in [0.5, 0.6) is 0 Å². The van der Waals surface area contributed by atoms with Gasteiger partial charge in [0.1, 0.15) is 10.9 Å². The number of para-hydroxylation sites is 1. The van der Waals surface area contributed by atoms with Crippen molar-refractivity contribution in [2.24, 2.45) is 0 Å². The van der Waals surface area contributed by atoms with Crippen molar-refractivity contribution in [1.82, 2.24) is 9.66 Å². The van der Waals surface area contributed by atoms with Gasteiger partial charge < -0.3 is 0 Å². The quantitative estimate of drug-likeness (QED) is 0.746. The third-order valence-electron chi connectivity index (χ3n) is 3.47. The van der Waals surface area contributed by atoms with E-state index in [1.807, 2.05) is 30.3 Å². The van der Waals surface area contributed by atoms with Crippen molar-refractivity contribution in [3.63, 3.8) is 0 Å². The van der Waals surface area contributed by atoms with Crippen LogP contribution in [-0.4, -0.2) is 15.6 Å². The maximum absolute atomic E-state index is 12.5. The Balaban J connectivity index is 1.94. The molecule has 0 bridgehead atoms. The van der Waals surface area contributed by atoms with Gasteiger partial charge in [0.25, 0.3) is 11.5 Å². The minimum Gasteiger partial charge on any atom is -0.267 e. The number of hydrogen-bond donors (Lipinski definition) is 1. The topological polar surface area (TPSA) is 64.0 Å². The molecule has 0 radical (unpaired) electrons. The molecule has 24 heavy (non-hydrogen) atoms. The molecule has 0 aliphatic carbocycles. The van der Waals surface area contributed by atoms with E-state index >= 15 is 0 Å². The lowest BCUT2D eigenvalue weighted by Crippen LogP contribution is -2.35. The fourth-order valence-corrected chi connectivity index (χ4v) is 2.46. The second-order valence-electron chi connectivity index (χ2n) is 5.16. The number of hydrogen-bond acceptors (Lipinski definition) is 3. The third kappa shape index (κ3) is 3.21. The van der Waals surface area contributed by atoms with E-state index in [2.05, 4.69) is 10.4 Å². The Morgan fingerprint density at radius 2 is 1.79 bits per heavy atom. The number of amides is 1. The molecule has 0 saturated heterocycles. The second-order valence-corrected chi connectivity index (χ2v) is 5.57. The molecule has 3 aromatic rings. The number of fused-ring (bicyclic) bond motifs is 1. The van der Waals surface area contributed by atoms with Crippen molar-refractivity contribution in [3.05, 3.63) is 81.4 Å². The summed E-state index contributed by atoms with van der Waals surface area (Å²) in [6, 6.07) is 16.2. The Morgan fingerprint density at radius 1 is 1.12 bits per heavy atom. The molecular weight excluding hydrogens is 326 g/mol. The molecule has 0 aliphatic heterocycles. The number of nitrogens with zero attached hydrogens (tertiary/aromatic N) is 2. The van der Waals surface area contributed by atoms with E-state index in [1.165, 1.54) is 6.08 Å². The molecule has 0 atom stereocenters. The Labute approximate surface area is 143 Å². The van der Waals surface area contributed by atoms with Crippen LogP contribution in [0.25, 0.3) is 17.0 Å². The van der Waals surface area contributed by atoms with Crippen LogP contribution in [0.2, 0.25) is 0 Å². The minimum atomic E-state index is -0.581. The smallest absolute Gasteiger partial charge is 0.267 e. The average molecular weight is 340 g/mol. The van der Waals surface area contributed by atoms with Gasteiger partial charge in [0.2, 0.25) is 0 Å². The van der Waals surface area contributed by atoms with Crippen LogP contribution in [-0.2, 0) is 4.79 Å². The van der Waals surface area contributed by atoms with E-state index in [0.29, 0.717) is 16.7 Å². The fraction of sp³-hybridized carbons (Fsp3) is 0.0556. The van der Waals surface area contributed by atoms with Gasteiger partial charge in [-0.1, -0.05) is 54.1 Å². The molecule has 1 N–H and O–H groups in total. The van der Waals surface area contributed by atoms with Gasteiger partial charge in [0.05, 0.1) is 10.9 Å². The highest BCUT2D eigenvalue weighted by Crippen LogP contribution is 2.11. The minimum absolute atomic E-state index is 0.0272. The van der Waals surface area contributed by atoms with Crippen molar-refractivity contribution in [2.75, 3.05) is 5.43 Å². The van der Waals surface area contributed by atoms with Gasteiger partial charge in [-0.25, -0.2) is 9.66 Å². The summed E-state index contributed by atoms with van der Waals surface area (Å²) in [6.45, 7) is 1.64. The Hall–Kier alpha value is -2.92. The number of nitrogens with one attached hydrogen (secondary N) is 1. The molecule has 120 valence electrons. The van der Waals surface area contributed by atoms with Crippen LogP contribution < -0.4 is 11.0 Å². The molecule has 1 heterocycles. The molecule has 2 aromatic carbocycles. The Kier molecular flexibility index (Phi) is 4.44. The predicted octanol–water partition coefficient (Wildman–Crippen LogP) is 3.05. The predicted molar refractivity (Wildman–Crippen MR) is 95.4 cm³/mol. The van der Waals surface area contributed by atoms with Crippen molar-refractivity contribution in [2.45, 2.75) is 6.92 Å². The van der Waals surface area contributed by atoms with Gasteiger partial charge in [0, 0.05) is 0 Å². The van der Waals surface area contributed by atoms with E-state index in [-0.39, 0.29) is 10.6 Å². The van der Waals surface area contributed by atoms with Gasteiger partial charge in [-0.3, -0.25) is 15.0 Å². The lowest BCUT2D eigenvalue weighted by molar-refractivity contribution is -0.113. The normalized spacial score (nSPS) is 11.5. The molecule has 0 spiro atoms. The monoisotopic (exact) mass is 339 g/mol. The Bertz CT molecular complexity index is 994. The highest BCUT2D eigenvalue weighted by atomic mass is 35.5. The van der Waals surface area contributed by atoms with E-state index in [1.54, 1.807) is 31.2 Å². The van der Waals surface area contributed by atoms with Gasteiger partial charge in [0.15, 0.2) is 0 Å². The summed E-state index contributed by atoms with van der Waals surface area (Å²) in [5.74, 6) is -0.209. The third-order valence-corrected chi connectivity index (χ3v) is 3.75. The molecule has 0 fully saturated rings. The van der Waals surface area contributed by atoms with Gasteiger partial charge in [-0.15, -0.1) is 0 Å². The maximum atomic E-state index is 12.5. The molecule has 6 heteroatoms. The van der Waals surface area contributed by atoms with Crippen LogP contribution in [0.15, 0.2) is 64.4 Å². The first-order valence-electron chi connectivity index (χ1n) is 7.28. The van der Waals surface area contributed by atoms with Crippen LogP contribution in [0.1, 0.15) is 11.4 Å². The van der Waals surface area contributed by atoms with Gasteiger partial charge in [-0.2, -0.15) is 0 Å². The lowest BCUT2D eigenvalue weighted by atomic mass is 10.2. The van der Waals surface area contributed by atoms with Gasteiger partial charge >= 0.3 is 0 Å². The van der Waals surface area contributed by atoms with E-state index in [0.717, 1.165) is 10.2 Å². The molecule has 0 saturated carbocycles. The summed E-state index contributed by atoms with van der Waals surface area (Å²) in [5, 5.41) is 0.396. The molecule has 5 nitrogen and oxygen atoms in total. The van der Waals surface area contributed by atoms with Crippen LogP contribution >= 0.6 is 11.6 Å². The highest BCUT2D eigenvalue weighted by molar-refractivity contribution is 6.45. The highest BCUT2D eigenvalue weighted by Gasteiger charge is 2.12. The average Bonchev–Trinajstić information content (AvgIpc) is 2.59. The molecule has 0 aliphatic rings. The van der Waals surface area contributed by atoms with E-state index < -0.39 is 5.91 Å². The summed E-state index contributed by atoms with van der Waals surface area (Å²) in [5.41, 5.74) is 3.51. The second kappa shape index (κ2) is 6.68. The molecule has 1 aromatic heterocycles. The lowest BCUT2D eigenvalue weighted by Gasteiger charge is -2.11. The number of rotatable bonds is 3. The first-order chi connectivity index (χ1) is 11.6. The zero-order chi connectivity index (χ0) is 17.1. The van der Waals surface area contributed by atoms with Crippen molar-refractivity contribution >= 4 is 34.5 Å². The first kappa shape index (κ1) is 16.0. The molecule has 1 amide bonds. The van der Waals surface area contributed by atoms with Crippen molar-refractivity contribution in [1.29, 1.82) is 0 Å². The zero-order valence-electron chi connectivity index (χ0n) is 12.9. The number of aryl methyl sites for hydroxylation is 1. The van der Waals surface area contributed by atoms with Crippen molar-refractivity contribution in [3.8, 4) is 0 Å². The number of aromatic nitrogens is 2. The number of carbonyl (C=O) groups excluding carboxylic acids is 1. The van der Waals surface area contributed by atoms with E-state index in [9.17, 15) is 9.59 Å². The van der Waals surface area contributed by atoms with E-state index in [4.69, 9.17) is 11.6 Å². The standard InChI is InChI=1S/C18H14ClN3O2/c1-12-20-16-10-6-5-9-14(16)18(24)22(12)21-17(23)15(19)11-13-7-3-2-4-8-13/h2-11H,1H3,(H,21,23)/b15-11-. The zero-order valence-corrected chi connectivity index (χ0v) is 13.6. The van der Waals surface area contributed by atoms with Gasteiger partial charge in [-0.05, 0) is 30.7 Å². The summed E-state index contributed by atoms with van der Waals surface area (Å²) in [6.07, 6.45) is 1.53. The summed E-state index contributed by atoms with van der Waals surface area (Å²) in [4.78, 5) is 29.1. The summed E-state index contributed by atoms with van der Waals surface area (Å²) < 4.78 is 1.10. The molecule has 3 rings (SSSR count). The SMILES string of the molecule is Cc1nc2ccccc2c(=O)n1NC(=O)/C(Cl)=C/c1ccccc1. The van der Waals surface area contributed by atoms with Crippen LogP contribution in [0, 0.1) is 6.92 Å². The molecule has 0 unspecified atom stereocenters. The molecular formula is C18H14ClN3O2. The largest absolute Gasteiger partial charge is 0.281 e. The summed E-state index contributed by atoms with van der Waals surface area (Å²) >= 11 is 6.05. The maximum Gasteiger partial charge on any atom is 0.281 e. The van der Waals surface area contributed by atoms with Crippen LogP contribution in [0.3, 0.4) is 0 Å². The van der Waals surface area contributed by atoms with Crippen LogP contribution in [0.4, 0.5) is 0 Å². The summed E-state index contributed by atoms with van der Waals surface area (Å²) in [7, 11) is 0. The first-order valence-corrected chi connectivity index (χ1v) is 7.66. The fourth-order valence-electron chi connectivity index (χ4n) is 2.29. The van der Waals surface area contributed by atoms with Crippen molar-refractivity contribution < 1.29 is 4.79 Å². The number of halogens is 1. The Morgan fingerprint density at radius 3 is 2.54 bits per heavy atom.